The van der Waals surface area contributed by atoms with E-state index in [1.807, 2.05) is 24.3 Å². The fourth-order valence-electron chi connectivity index (χ4n) is 1.63. The van der Waals surface area contributed by atoms with Crippen LogP contribution in [0, 0.1) is 5.41 Å². The predicted octanol–water partition coefficient (Wildman–Crippen LogP) is 2.98. The number of benzene rings is 1. The average molecular weight is 278 g/mol. The van der Waals surface area contributed by atoms with Gasteiger partial charge in [-0.15, -0.1) is 0 Å². The summed E-state index contributed by atoms with van der Waals surface area (Å²) in [5.74, 6) is 0.922. The standard InChI is InChI=1S/C16H26N2O2/c1-16(2,3)10-9-15(19)18-11-4-12-20-14-7-5-13(17)6-8-14/h5-8H,4,9-12,17H2,1-3H3,(H,18,19). The lowest BCUT2D eigenvalue weighted by molar-refractivity contribution is -0.121. The molecule has 0 radical (unpaired) electrons. The van der Waals surface area contributed by atoms with E-state index in [9.17, 15) is 4.79 Å². The molecule has 1 amide bonds. The van der Waals surface area contributed by atoms with Gasteiger partial charge in [0.1, 0.15) is 5.75 Å². The van der Waals surface area contributed by atoms with Gasteiger partial charge in [0.15, 0.2) is 0 Å². The lowest BCUT2D eigenvalue weighted by Gasteiger charge is -2.17. The van der Waals surface area contributed by atoms with Gasteiger partial charge in [-0.25, -0.2) is 0 Å². The van der Waals surface area contributed by atoms with Crippen LogP contribution < -0.4 is 15.8 Å². The van der Waals surface area contributed by atoms with Crippen molar-refractivity contribution in [1.82, 2.24) is 5.32 Å². The number of carbonyl (C=O) groups excluding carboxylic acids is 1. The number of anilines is 1. The minimum absolute atomic E-state index is 0.118. The number of nitrogens with two attached hydrogens (primary N) is 1. The van der Waals surface area contributed by atoms with Crippen molar-refractivity contribution < 1.29 is 9.53 Å². The van der Waals surface area contributed by atoms with Crippen molar-refractivity contribution >= 4 is 11.6 Å². The number of carbonyl (C=O) groups is 1. The summed E-state index contributed by atoms with van der Waals surface area (Å²) in [5, 5.41) is 2.91. The number of ether oxygens (including phenoxy) is 1. The summed E-state index contributed by atoms with van der Waals surface area (Å²) in [7, 11) is 0. The molecule has 0 fully saturated rings. The molecule has 4 nitrogen and oxygen atoms in total. The first-order chi connectivity index (χ1) is 9.37. The minimum Gasteiger partial charge on any atom is -0.494 e. The molecule has 0 atom stereocenters. The number of nitrogens with one attached hydrogen (secondary N) is 1. The Bertz CT molecular complexity index is 407. The summed E-state index contributed by atoms with van der Waals surface area (Å²) in [5.41, 5.74) is 6.52. The monoisotopic (exact) mass is 278 g/mol. The normalized spacial score (nSPS) is 11.2. The van der Waals surface area contributed by atoms with Crippen LogP contribution in [-0.4, -0.2) is 19.1 Å². The molecule has 1 rings (SSSR count). The van der Waals surface area contributed by atoms with Gasteiger partial charge in [-0.05, 0) is 42.5 Å². The Balaban J connectivity index is 2.07. The van der Waals surface area contributed by atoms with E-state index in [2.05, 4.69) is 26.1 Å². The second-order valence-corrected chi connectivity index (χ2v) is 6.18. The van der Waals surface area contributed by atoms with Crippen molar-refractivity contribution in [1.29, 1.82) is 0 Å². The number of nitrogen functional groups attached to an aromatic ring is 1. The van der Waals surface area contributed by atoms with Crippen LogP contribution in [0.25, 0.3) is 0 Å². The zero-order chi connectivity index (χ0) is 15.0. The molecular formula is C16H26N2O2. The zero-order valence-electron chi connectivity index (χ0n) is 12.7. The van der Waals surface area contributed by atoms with E-state index < -0.39 is 0 Å². The molecule has 0 saturated heterocycles. The highest BCUT2D eigenvalue weighted by Gasteiger charge is 2.12. The van der Waals surface area contributed by atoms with Crippen LogP contribution in [0.3, 0.4) is 0 Å². The Hall–Kier alpha value is -1.71. The van der Waals surface area contributed by atoms with Crippen LogP contribution in [0.4, 0.5) is 5.69 Å². The Morgan fingerprint density at radius 1 is 1.25 bits per heavy atom. The predicted molar refractivity (Wildman–Crippen MR) is 82.7 cm³/mol. The van der Waals surface area contributed by atoms with E-state index in [4.69, 9.17) is 10.5 Å². The van der Waals surface area contributed by atoms with Crippen LogP contribution in [0.5, 0.6) is 5.75 Å². The van der Waals surface area contributed by atoms with Crippen LogP contribution in [-0.2, 0) is 4.79 Å². The Labute approximate surface area is 121 Å². The molecule has 20 heavy (non-hydrogen) atoms. The first-order valence-electron chi connectivity index (χ1n) is 7.12. The van der Waals surface area contributed by atoms with Gasteiger partial charge < -0.3 is 15.8 Å². The molecule has 112 valence electrons. The number of hydrogen-bond acceptors (Lipinski definition) is 3. The van der Waals surface area contributed by atoms with Gasteiger partial charge in [0.05, 0.1) is 6.61 Å². The van der Waals surface area contributed by atoms with Crippen molar-refractivity contribution in [3.05, 3.63) is 24.3 Å². The lowest BCUT2D eigenvalue weighted by atomic mass is 9.90. The molecule has 0 saturated carbocycles. The Morgan fingerprint density at radius 3 is 2.50 bits per heavy atom. The van der Waals surface area contributed by atoms with Crippen LogP contribution in [0.2, 0.25) is 0 Å². The Kier molecular flexibility index (Phi) is 6.36. The maximum absolute atomic E-state index is 11.6. The molecule has 0 bridgehead atoms. The first kappa shape index (κ1) is 16.3. The molecule has 1 aromatic carbocycles. The third-order valence-corrected chi connectivity index (χ3v) is 2.89. The van der Waals surface area contributed by atoms with Crippen molar-refractivity contribution in [2.24, 2.45) is 5.41 Å². The molecule has 4 heteroatoms. The SMILES string of the molecule is CC(C)(C)CCC(=O)NCCCOc1ccc(N)cc1. The number of hydrogen-bond donors (Lipinski definition) is 2. The quantitative estimate of drug-likeness (QED) is 0.595. The summed E-state index contributed by atoms with van der Waals surface area (Å²) in [6.45, 7) is 7.66. The fraction of sp³-hybridized carbons (Fsp3) is 0.562. The van der Waals surface area contributed by atoms with Crippen molar-refractivity contribution in [3.63, 3.8) is 0 Å². The molecule has 0 aliphatic carbocycles. The highest BCUT2D eigenvalue weighted by molar-refractivity contribution is 5.75. The maximum atomic E-state index is 11.6. The molecule has 0 unspecified atom stereocenters. The molecule has 1 aromatic rings. The van der Waals surface area contributed by atoms with E-state index in [0.29, 0.717) is 19.6 Å². The topological polar surface area (TPSA) is 64.3 Å². The van der Waals surface area contributed by atoms with E-state index in [0.717, 1.165) is 24.3 Å². The van der Waals surface area contributed by atoms with Crippen LogP contribution in [0.15, 0.2) is 24.3 Å². The second-order valence-electron chi connectivity index (χ2n) is 6.18. The van der Waals surface area contributed by atoms with E-state index in [1.165, 1.54) is 0 Å². The van der Waals surface area contributed by atoms with E-state index in [-0.39, 0.29) is 11.3 Å². The summed E-state index contributed by atoms with van der Waals surface area (Å²) < 4.78 is 5.55. The van der Waals surface area contributed by atoms with Crippen molar-refractivity contribution in [2.75, 3.05) is 18.9 Å². The van der Waals surface area contributed by atoms with Gasteiger partial charge in [-0.2, -0.15) is 0 Å². The average Bonchev–Trinajstić information content (AvgIpc) is 2.37. The van der Waals surface area contributed by atoms with Gasteiger partial charge in [-0.1, -0.05) is 20.8 Å². The third-order valence-electron chi connectivity index (χ3n) is 2.89. The summed E-state index contributed by atoms with van der Waals surface area (Å²) in [6, 6.07) is 7.31. The van der Waals surface area contributed by atoms with Gasteiger partial charge in [0, 0.05) is 18.7 Å². The smallest absolute Gasteiger partial charge is 0.220 e. The molecule has 0 heterocycles. The van der Waals surface area contributed by atoms with Crippen molar-refractivity contribution in [2.45, 2.75) is 40.0 Å². The van der Waals surface area contributed by atoms with E-state index in [1.54, 1.807) is 0 Å². The lowest BCUT2D eigenvalue weighted by Crippen LogP contribution is -2.26. The highest BCUT2D eigenvalue weighted by atomic mass is 16.5. The third kappa shape index (κ3) is 7.67. The Morgan fingerprint density at radius 2 is 1.90 bits per heavy atom. The van der Waals surface area contributed by atoms with Gasteiger partial charge in [-0.3, -0.25) is 4.79 Å². The minimum atomic E-state index is 0.118. The molecule has 0 aromatic heterocycles. The van der Waals surface area contributed by atoms with Crippen LogP contribution in [0.1, 0.15) is 40.0 Å². The fourth-order valence-corrected chi connectivity index (χ4v) is 1.63. The van der Waals surface area contributed by atoms with Gasteiger partial charge in [0.25, 0.3) is 0 Å². The first-order valence-corrected chi connectivity index (χ1v) is 7.12. The largest absolute Gasteiger partial charge is 0.494 e. The van der Waals surface area contributed by atoms with Crippen molar-refractivity contribution in [3.8, 4) is 5.75 Å². The molecule has 0 spiro atoms. The molecule has 3 N–H and O–H groups in total. The molecule has 0 aliphatic heterocycles. The molecular weight excluding hydrogens is 252 g/mol. The maximum Gasteiger partial charge on any atom is 0.220 e. The molecule has 0 aliphatic rings. The summed E-state index contributed by atoms with van der Waals surface area (Å²) >= 11 is 0. The van der Waals surface area contributed by atoms with Gasteiger partial charge >= 0.3 is 0 Å². The van der Waals surface area contributed by atoms with E-state index >= 15 is 0 Å². The number of amides is 1. The second kappa shape index (κ2) is 7.78. The van der Waals surface area contributed by atoms with Gasteiger partial charge in [0.2, 0.25) is 5.91 Å². The summed E-state index contributed by atoms with van der Waals surface area (Å²) in [6.07, 6.45) is 2.29. The zero-order valence-corrected chi connectivity index (χ0v) is 12.7. The number of rotatable bonds is 7. The summed E-state index contributed by atoms with van der Waals surface area (Å²) in [4.78, 5) is 11.6. The highest BCUT2D eigenvalue weighted by Crippen LogP contribution is 2.20. The van der Waals surface area contributed by atoms with Crippen LogP contribution >= 0.6 is 0 Å².